The number of carbonyl (C=O) groups is 1. The Kier molecular flexibility index (Phi) is 4.21. The third-order valence-electron chi connectivity index (χ3n) is 3.95. The molecule has 1 aliphatic heterocycles. The van der Waals surface area contributed by atoms with Gasteiger partial charge in [0.05, 0.1) is 24.0 Å². The van der Waals surface area contributed by atoms with Gasteiger partial charge in [0.15, 0.2) is 6.29 Å². The molecule has 21 heavy (non-hydrogen) atoms. The molecular weight excluding hydrogens is 269 g/mol. The fourth-order valence-corrected chi connectivity index (χ4v) is 1.95. The summed E-state index contributed by atoms with van der Waals surface area (Å²) in [5, 5.41) is 0. The van der Waals surface area contributed by atoms with E-state index in [-0.39, 0.29) is 0 Å². The van der Waals surface area contributed by atoms with Crippen molar-refractivity contribution in [2.75, 3.05) is 7.11 Å². The van der Waals surface area contributed by atoms with Crippen molar-refractivity contribution in [2.24, 2.45) is 0 Å². The second kappa shape index (κ2) is 5.62. The highest BCUT2D eigenvalue weighted by atomic mass is 16.7. The maximum Gasteiger partial charge on any atom is 0.487 e. The van der Waals surface area contributed by atoms with Gasteiger partial charge in [0, 0.05) is 11.6 Å². The van der Waals surface area contributed by atoms with Crippen LogP contribution in [0, 0.1) is 0 Å². The van der Waals surface area contributed by atoms with Gasteiger partial charge in [-0.2, -0.15) is 0 Å². The number of hydrogen-bond acceptors (Lipinski definition) is 5. The van der Waals surface area contributed by atoms with Crippen LogP contribution in [-0.4, -0.2) is 36.7 Å². The molecule has 0 amide bonds. The molecule has 0 saturated carbocycles. The molecule has 0 aliphatic carbocycles. The molecule has 0 unspecified atom stereocenters. The molecule has 2 heterocycles. The Hall–Kier alpha value is -1.66. The molecular formula is C15H20BNO4. The third-order valence-corrected chi connectivity index (χ3v) is 3.95. The van der Waals surface area contributed by atoms with Crippen molar-refractivity contribution in [3.63, 3.8) is 0 Å². The first kappa shape index (κ1) is 15.7. The fourth-order valence-electron chi connectivity index (χ4n) is 1.95. The van der Waals surface area contributed by atoms with E-state index in [0.717, 1.165) is 6.29 Å². The lowest BCUT2D eigenvalue weighted by Crippen LogP contribution is -2.41. The van der Waals surface area contributed by atoms with Gasteiger partial charge in [0.1, 0.15) is 0 Å². The highest BCUT2D eigenvalue weighted by Gasteiger charge is 2.50. The molecule has 1 aromatic rings. The van der Waals surface area contributed by atoms with Crippen molar-refractivity contribution >= 4 is 19.5 Å². The molecule has 5 nitrogen and oxygen atoms in total. The smallest absolute Gasteiger partial charge is 0.481 e. The number of carbonyl (C=O) groups excluding carboxylic acids is 1. The van der Waals surface area contributed by atoms with E-state index in [1.165, 1.54) is 7.11 Å². The Morgan fingerprint density at radius 3 is 2.33 bits per heavy atom. The summed E-state index contributed by atoms with van der Waals surface area (Å²) in [5.41, 5.74) is 0.233. The van der Waals surface area contributed by atoms with Crippen LogP contribution in [0.15, 0.2) is 18.1 Å². The van der Waals surface area contributed by atoms with E-state index in [1.807, 2.05) is 27.7 Å². The molecule has 0 spiro atoms. The summed E-state index contributed by atoms with van der Waals surface area (Å²) in [6, 6.07) is 3.32. The molecule has 6 heteroatoms. The van der Waals surface area contributed by atoms with E-state index < -0.39 is 18.3 Å². The first-order valence-corrected chi connectivity index (χ1v) is 6.83. The zero-order valence-corrected chi connectivity index (χ0v) is 13.0. The monoisotopic (exact) mass is 289 g/mol. The largest absolute Gasteiger partial charge is 0.487 e. The first-order valence-electron chi connectivity index (χ1n) is 6.83. The summed E-state index contributed by atoms with van der Waals surface area (Å²) in [7, 11) is 1.06. The van der Waals surface area contributed by atoms with Crippen molar-refractivity contribution in [1.82, 2.24) is 4.98 Å². The van der Waals surface area contributed by atoms with Gasteiger partial charge < -0.3 is 14.0 Å². The molecule has 2 rings (SSSR count). The maximum absolute atomic E-state index is 11.1. The third kappa shape index (κ3) is 3.17. The number of hydrogen-bond donors (Lipinski definition) is 0. The SMILES string of the molecule is COc1ccc(C=O)c(/C=C/B2OC(C)(C)C(C)(C)O2)n1. The lowest BCUT2D eigenvalue weighted by molar-refractivity contribution is 0.00578. The summed E-state index contributed by atoms with van der Waals surface area (Å²) in [6.07, 6.45) is 2.48. The lowest BCUT2D eigenvalue weighted by atomic mass is 9.89. The molecule has 112 valence electrons. The maximum atomic E-state index is 11.1. The standard InChI is InChI=1S/C15H20BNO4/c1-14(2)15(3,4)21-16(20-14)9-8-12-11(10-18)6-7-13(17-12)19-5/h6-10H,1-5H3/b9-8+. The van der Waals surface area contributed by atoms with E-state index in [4.69, 9.17) is 14.0 Å². The number of rotatable bonds is 4. The van der Waals surface area contributed by atoms with Gasteiger partial charge in [-0.1, -0.05) is 5.98 Å². The van der Waals surface area contributed by atoms with E-state index >= 15 is 0 Å². The van der Waals surface area contributed by atoms with Crippen molar-refractivity contribution in [3.05, 3.63) is 29.4 Å². The second-order valence-corrected chi connectivity index (χ2v) is 5.93. The predicted octanol–water partition coefficient (Wildman–Crippen LogP) is 2.55. The normalized spacial score (nSPS) is 20.0. The summed E-state index contributed by atoms with van der Waals surface area (Å²) in [4.78, 5) is 15.3. The van der Waals surface area contributed by atoms with Crippen molar-refractivity contribution in [2.45, 2.75) is 38.9 Å². The minimum Gasteiger partial charge on any atom is -0.481 e. The van der Waals surface area contributed by atoms with E-state index in [1.54, 1.807) is 24.2 Å². The summed E-state index contributed by atoms with van der Waals surface area (Å²) in [6.45, 7) is 7.95. The molecule has 1 fully saturated rings. The number of pyridine rings is 1. The van der Waals surface area contributed by atoms with Crippen molar-refractivity contribution in [3.8, 4) is 5.88 Å². The molecule has 0 aromatic carbocycles. The topological polar surface area (TPSA) is 57.7 Å². The zero-order chi connectivity index (χ0) is 15.7. The zero-order valence-electron chi connectivity index (χ0n) is 13.0. The van der Waals surface area contributed by atoms with Gasteiger partial charge in [-0.3, -0.25) is 4.79 Å². The van der Waals surface area contributed by atoms with Crippen LogP contribution >= 0.6 is 0 Å². The molecule has 0 atom stereocenters. The van der Waals surface area contributed by atoms with Crippen LogP contribution in [-0.2, 0) is 9.31 Å². The Morgan fingerprint density at radius 2 is 1.81 bits per heavy atom. The molecule has 0 N–H and O–H groups in total. The number of aldehydes is 1. The minimum atomic E-state index is -0.470. The van der Waals surface area contributed by atoms with Crippen LogP contribution in [0.1, 0.15) is 43.7 Å². The highest BCUT2D eigenvalue weighted by molar-refractivity contribution is 6.52. The van der Waals surface area contributed by atoms with Gasteiger partial charge in [-0.25, -0.2) is 4.98 Å². The van der Waals surface area contributed by atoms with E-state index in [2.05, 4.69) is 4.98 Å². The van der Waals surface area contributed by atoms with Crippen molar-refractivity contribution in [1.29, 1.82) is 0 Å². The minimum absolute atomic E-state index is 0.392. The Bertz CT molecular complexity index is 553. The average Bonchev–Trinajstić information content (AvgIpc) is 2.64. The Morgan fingerprint density at radius 1 is 1.19 bits per heavy atom. The first-order chi connectivity index (χ1) is 9.79. The quantitative estimate of drug-likeness (QED) is 0.629. The predicted molar refractivity (Wildman–Crippen MR) is 81.3 cm³/mol. The summed E-state index contributed by atoms with van der Waals surface area (Å²) >= 11 is 0. The summed E-state index contributed by atoms with van der Waals surface area (Å²) < 4.78 is 16.8. The highest BCUT2D eigenvalue weighted by Crippen LogP contribution is 2.37. The van der Waals surface area contributed by atoms with Crippen LogP contribution in [0.2, 0.25) is 0 Å². The van der Waals surface area contributed by atoms with Crippen LogP contribution < -0.4 is 4.74 Å². The van der Waals surface area contributed by atoms with Gasteiger partial charge in [0.2, 0.25) is 5.88 Å². The van der Waals surface area contributed by atoms with Crippen molar-refractivity contribution < 1.29 is 18.8 Å². The molecule has 0 bridgehead atoms. The van der Waals surface area contributed by atoms with Crippen LogP contribution in [0.3, 0.4) is 0 Å². The number of aromatic nitrogens is 1. The van der Waals surface area contributed by atoms with Crippen LogP contribution in [0.5, 0.6) is 5.88 Å². The molecule has 1 aliphatic rings. The molecule has 1 saturated heterocycles. The van der Waals surface area contributed by atoms with Gasteiger partial charge in [0.25, 0.3) is 0 Å². The Balaban J connectivity index is 2.21. The van der Waals surface area contributed by atoms with Gasteiger partial charge in [-0.05, 0) is 39.8 Å². The van der Waals surface area contributed by atoms with Crippen LogP contribution in [0.25, 0.3) is 6.08 Å². The lowest BCUT2D eigenvalue weighted by Gasteiger charge is -2.32. The second-order valence-electron chi connectivity index (χ2n) is 5.93. The fraction of sp³-hybridized carbons (Fsp3) is 0.467. The Labute approximate surface area is 125 Å². The number of methoxy groups -OCH3 is 1. The number of ether oxygens (including phenoxy) is 1. The molecule has 0 radical (unpaired) electrons. The molecule has 1 aromatic heterocycles. The van der Waals surface area contributed by atoms with E-state index in [9.17, 15) is 4.79 Å². The van der Waals surface area contributed by atoms with Gasteiger partial charge >= 0.3 is 7.12 Å². The average molecular weight is 289 g/mol. The van der Waals surface area contributed by atoms with Gasteiger partial charge in [-0.15, -0.1) is 0 Å². The van der Waals surface area contributed by atoms with E-state index in [0.29, 0.717) is 17.1 Å². The van der Waals surface area contributed by atoms with Crippen LogP contribution in [0.4, 0.5) is 0 Å². The number of nitrogens with zero attached hydrogens (tertiary/aromatic N) is 1. The summed E-state index contributed by atoms with van der Waals surface area (Å²) in [5.74, 6) is 2.21.